The molecular weight excluding hydrogens is 1480 g/mol. The van der Waals surface area contributed by atoms with Crippen molar-refractivity contribution in [1.29, 1.82) is 0 Å². The topological polar surface area (TPSA) is 466 Å². The molecule has 16 N–H and O–H groups in total. The predicted molar refractivity (Wildman–Crippen MR) is 408 cm³/mol. The van der Waals surface area contributed by atoms with Gasteiger partial charge in [-0.2, -0.15) is 8.42 Å². The summed E-state index contributed by atoms with van der Waals surface area (Å²) in [5, 5.41) is 115. The first-order chi connectivity index (χ1) is 50.1. The molecule has 108 heavy (non-hydrogen) atoms. The summed E-state index contributed by atoms with van der Waals surface area (Å²) in [4.78, 5) is 30.5. The van der Waals surface area contributed by atoms with Gasteiger partial charge in [0.2, 0.25) is 5.91 Å². The predicted octanol–water partition coefficient (Wildman–Crippen LogP) is 1.35. The normalized spacial score (nSPS) is 24.5. The van der Waals surface area contributed by atoms with E-state index in [0.717, 1.165) is 42.6 Å². The molecule has 0 spiro atoms. The van der Waals surface area contributed by atoms with Gasteiger partial charge in [-0.15, -0.1) is 6.61 Å². The number of hydrogen-bond acceptors (Lipinski definition) is 23. The molecule has 600 valence electrons. The number of hydrogen-bond donors (Lipinski definition) is 14. The van der Waals surface area contributed by atoms with Crippen LogP contribution < -0.4 is 87.6 Å². The van der Waals surface area contributed by atoms with E-state index in [1.165, 1.54) is 0 Å². The number of unbranched alkanes of at least 4 members (excludes halogenated alkanes) is 3. The second-order valence-electron chi connectivity index (χ2n) is 28.3. The number of urea groups is 1. The fourth-order valence-electron chi connectivity index (χ4n) is 14.1. The largest absolute Gasteiger partial charge is 1.00 e. The molecule has 0 aliphatic carbocycles. The number of anilines is 4. The van der Waals surface area contributed by atoms with Crippen LogP contribution in [-0.2, 0) is 50.7 Å². The smallest absolute Gasteiger partial charge is 0.855 e. The molecule has 0 unspecified atom stereocenters. The zero-order chi connectivity index (χ0) is 78.5. The number of fused-ring (bicyclic) bond motifs is 2. The number of amides is 3. The van der Waals surface area contributed by atoms with Crippen molar-refractivity contribution >= 4 is 64.5 Å². The zero-order valence-electron chi connectivity index (χ0n) is 63.7. The minimum absolute atomic E-state index is 0. The maximum Gasteiger partial charge on any atom is 1.00 e. The van der Waals surface area contributed by atoms with E-state index in [2.05, 4.69) is 28.2 Å². The van der Waals surface area contributed by atoms with Crippen molar-refractivity contribution in [2.24, 2.45) is 10.8 Å². The molecule has 0 radical (unpaired) electrons. The SMILES string of the molecule is CCCC[C@]1(CC)CS(=O)(=O)c2ccc(N(C)C)cc2[C@@H](c2cccc(NC(=O)CCCCNC[C@H](O)[C@@H](O)[C@H](O)[C@H](O)CO)c2)[C@H]1O.CCCC[C@]1(CC)CS(=O)(=O)c2ccc(N(C)C)cc2[C@@H](c2cccc(NC(=O)N[C@@H]3O[C@H](CCS(=O)(=O)O)[C@@H](O)[C@H](OCc4ccccc4)[C@H]3O)c2)[C@H]1O.CC[O-].O.[K+]. The van der Waals surface area contributed by atoms with Crippen LogP contribution in [0, 0.1) is 10.8 Å². The number of aliphatic hydroxyl groups is 9. The molecule has 28 nitrogen and oxygen atoms in total. The first-order valence-corrected chi connectivity index (χ1v) is 41.3. The van der Waals surface area contributed by atoms with Gasteiger partial charge < -0.3 is 97.1 Å². The van der Waals surface area contributed by atoms with Gasteiger partial charge in [-0.3, -0.25) is 9.35 Å². The second-order valence-corrected chi connectivity index (χ2v) is 33.8. The molecule has 0 bridgehead atoms. The van der Waals surface area contributed by atoms with E-state index in [4.69, 9.17) is 19.7 Å². The first kappa shape index (κ1) is 95.7. The fraction of sp³-hybridized carbons (Fsp3) is 0.579. The van der Waals surface area contributed by atoms with E-state index in [1.54, 1.807) is 97.9 Å². The third-order valence-electron chi connectivity index (χ3n) is 20.3. The summed E-state index contributed by atoms with van der Waals surface area (Å²) in [6, 6.07) is 32.6. The van der Waals surface area contributed by atoms with Crippen molar-refractivity contribution < 1.29 is 157 Å². The van der Waals surface area contributed by atoms with Crippen molar-refractivity contribution in [2.75, 3.05) is 92.2 Å². The summed E-state index contributed by atoms with van der Waals surface area (Å²) in [5.74, 6) is -2.71. The monoisotopic (exact) mass is 1600 g/mol. The van der Waals surface area contributed by atoms with Gasteiger partial charge in [0.15, 0.2) is 25.9 Å². The van der Waals surface area contributed by atoms with Crippen molar-refractivity contribution in [3.8, 4) is 0 Å². The van der Waals surface area contributed by atoms with E-state index >= 15 is 0 Å². The number of carbonyl (C=O) groups is 2. The average molecular weight is 1600 g/mol. The molecular formula is C76H115KN6O22S3. The van der Waals surface area contributed by atoms with E-state index in [0.29, 0.717) is 78.7 Å². The molecule has 3 aliphatic heterocycles. The first-order valence-electron chi connectivity index (χ1n) is 36.4. The number of carbonyl (C=O) groups excluding carboxylic acids is 2. The maximum absolute atomic E-state index is 14.0. The Morgan fingerprint density at radius 3 is 1.59 bits per heavy atom. The van der Waals surface area contributed by atoms with Gasteiger partial charge >= 0.3 is 57.4 Å². The molecule has 32 heteroatoms. The van der Waals surface area contributed by atoms with Gasteiger partial charge in [0, 0.05) is 86.6 Å². The van der Waals surface area contributed by atoms with Crippen LogP contribution in [0.1, 0.15) is 151 Å². The van der Waals surface area contributed by atoms with Gasteiger partial charge in [0.1, 0.15) is 36.6 Å². The molecule has 5 aromatic rings. The molecule has 5 aromatic carbocycles. The van der Waals surface area contributed by atoms with Gasteiger partial charge in [-0.05, 0) is 140 Å². The van der Waals surface area contributed by atoms with E-state index < -0.39 is 138 Å². The Morgan fingerprint density at radius 1 is 0.657 bits per heavy atom. The Bertz CT molecular complexity index is 3970. The molecule has 1 saturated heterocycles. The number of ether oxygens (including phenoxy) is 2. The Balaban J connectivity index is 0.000000436. The molecule has 0 aromatic heterocycles. The zero-order valence-corrected chi connectivity index (χ0v) is 69.3. The van der Waals surface area contributed by atoms with Crippen LogP contribution in [0.2, 0.25) is 0 Å². The second kappa shape index (κ2) is 44.1. The van der Waals surface area contributed by atoms with Crippen LogP contribution in [-0.4, -0.2) is 232 Å². The molecule has 15 atom stereocenters. The van der Waals surface area contributed by atoms with Crippen LogP contribution in [0.5, 0.6) is 0 Å². The Morgan fingerprint density at radius 2 is 1.14 bits per heavy atom. The molecule has 3 aliphatic rings. The molecule has 0 saturated carbocycles. The summed E-state index contributed by atoms with van der Waals surface area (Å²) < 4.78 is 100.0. The Hall–Kier alpha value is -4.67. The third-order valence-corrected chi connectivity index (χ3v) is 25.0. The molecule has 1 fully saturated rings. The van der Waals surface area contributed by atoms with E-state index in [9.17, 15) is 80.2 Å². The van der Waals surface area contributed by atoms with Gasteiger partial charge in [0.05, 0.1) is 64.7 Å². The van der Waals surface area contributed by atoms with Crippen LogP contribution in [0.4, 0.5) is 27.5 Å². The molecule has 3 amide bonds. The van der Waals surface area contributed by atoms with Crippen LogP contribution in [0.15, 0.2) is 125 Å². The van der Waals surface area contributed by atoms with Gasteiger partial charge in [-0.1, -0.05) is 115 Å². The van der Waals surface area contributed by atoms with Crippen molar-refractivity contribution in [3.05, 3.63) is 143 Å². The molecule has 8 rings (SSSR count). The van der Waals surface area contributed by atoms with Gasteiger partial charge in [0.25, 0.3) is 10.1 Å². The Kier molecular flexibility index (Phi) is 39.1. The fourth-order valence-corrected chi connectivity index (χ4v) is 19.2. The van der Waals surface area contributed by atoms with E-state index in [1.807, 2.05) is 83.0 Å². The number of aliphatic hydroxyl groups excluding tert-OH is 9. The molecule has 3 heterocycles. The Labute approximate surface area is 679 Å². The van der Waals surface area contributed by atoms with Crippen LogP contribution in [0.3, 0.4) is 0 Å². The summed E-state index contributed by atoms with van der Waals surface area (Å²) in [5.41, 5.74) is 3.66. The maximum atomic E-state index is 14.0. The quantitative estimate of drug-likeness (QED) is 0.0164. The number of rotatable bonds is 32. The van der Waals surface area contributed by atoms with Crippen molar-refractivity contribution in [3.63, 3.8) is 0 Å². The standard InChI is InChI=1S/C39H53N3O11S2.C35H55N3O9S.C2H5O.K.H2O/c1-5-7-19-39(6-2)24-54(47,48)31-17-16-28(42(3)4)22-29(31)32(36(39)45)26-14-11-15-27(21-26)40-38(46)41-37-34(44)35(52-23-25-12-9-8-10-13-25)33(43)30(53-37)18-20-55(49,50)51;1-5-7-16-35(6-2)22-48(46,47)29-15-14-25(38(3)4)19-26(29)31(34(35)45)23-11-10-12-24(18-23)37-30(42)13-8-9-17-36-20-27(40)32(43)33(44)28(41)21-39;1-2-3;;/h8-17,21-22,30,32-37,43-45H,5-7,18-20,23-24H2,1-4H3,(H2,40,41,46)(H,49,50,51);10-12,14-15,18-19,27-28,31-34,36,39-41,43-45H,5-9,13,16-17,20-22H2,1-4H3,(H,37,42);2H2,1H3;;1H2/q;;-1;+1;/t30-,32-,33-,34-,35+,36-,37-,39-;27-,28+,31+,32+,33+,34+,35+;;;/m10.../s1. The van der Waals surface area contributed by atoms with Crippen LogP contribution >= 0.6 is 0 Å². The minimum atomic E-state index is -4.43. The van der Waals surface area contributed by atoms with Crippen molar-refractivity contribution in [2.45, 2.75) is 207 Å². The average Bonchev–Trinajstić information content (AvgIpc) is 1.59. The van der Waals surface area contributed by atoms with E-state index in [-0.39, 0.29) is 117 Å². The third kappa shape index (κ3) is 25.7. The summed E-state index contributed by atoms with van der Waals surface area (Å²) in [6.45, 7) is 9.10. The number of nitrogens with zero attached hydrogens (tertiary/aromatic N) is 2. The number of nitrogens with one attached hydrogen (secondary N) is 4. The summed E-state index contributed by atoms with van der Waals surface area (Å²) in [7, 11) is -4.50. The number of benzene rings is 5. The summed E-state index contributed by atoms with van der Waals surface area (Å²) in [6.07, 6.45) is -9.23. The van der Waals surface area contributed by atoms with Gasteiger partial charge in [-0.25, -0.2) is 21.6 Å². The minimum Gasteiger partial charge on any atom is -0.855 e. The van der Waals surface area contributed by atoms with Crippen LogP contribution in [0.25, 0.3) is 0 Å². The van der Waals surface area contributed by atoms with Crippen molar-refractivity contribution in [1.82, 2.24) is 10.6 Å². The number of sulfone groups is 2. The summed E-state index contributed by atoms with van der Waals surface area (Å²) >= 11 is 0.